The average Bonchev–Trinajstić information content (AvgIpc) is 3.15. The number of terminal acetylenes is 1. The van der Waals surface area contributed by atoms with Crippen LogP contribution in [0, 0.1) is 12.3 Å². The van der Waals surface area contributed by atoms with Gasteiger partial charge in [0.1, 0.15) is 24.0 Å². The van der Waals surface area contributed by atoms with E-state index in [0.717, 1.165) is 17.2 Å². The smallest absolute Gasteiger partial charge is 0.323 e. The molecule has 0 spiro atoms. The number of hydrogen-bond donors (Lipinski definition) is 3. The van der Waals surface area contributed by atoms with E-state index >= 15 is 0 Å². The number of carbonyl (C=O) groups is 3. The van der Waals surface area contributed by atoms with Gasteiger partial charge in [-0.2, -0.15) is 11.8 Å². The van der Waals surface area contributed by atoms with Gasteiger partial charge in [-0.15, -0.1) is 6.42 Å². The summed E-state index contributed by atoms with van der Waals surface area (Å²) in [4.78, 5) is 37.9. The molecule has 0 aliphatic carbocycles. The van der Waals surface area contributed by atoms with Crippen molar-refractivity contribution in [3.05, 3.63) is 42.6 Å². The molecule has 11 nitrogen and oxygen atoms in total. The average molecular weight is 613 g/mol. The van der Waals surface area contributed by atoms with Crippen molar-refractivity contribution >= 4 is 47.9 Å². The number of aliphatic hydroxyl groups is 2. The summed E-state index contributed by atoms with van der Waals surface area (Å²) in [6.07, 6.45) is 4.89. The van der Waals surface area contributed by atoms with Crippen molar-refractivity contribution < 1.29 is 43.1 Å². The number of carbonyl (C=O) groups excluding carboxylic acids is 3. The number of esters is 1. The Morgan fingerprint density at radius 1 is 1.38 bits per heavy atom. The lowest BCUT2D eigenvalue weighted by molar-refractivity contribution is -0.153. The highest BCUT2D eigenvalue weighted by molar-refractivity contribution is 8.09. The van der Waals surface area contributed by atoms with Gasteiger partial charge in [0, 0.05) is 6.20 Å². The Bertz CT molecular complexity index is 1190. The number of aliphatic hydroxyl groups excluding tert-OH is 1. The molecule has 2 aliphatic rings. The van der Waals surface area contributed by atoms with E-state index in [1.54, 1.807) is 44.2 Å². The topological polar surface area (TPSA) is 144 Å². The first-order valence-corrected chi connectivity index (χ1v) is 16.5. The van der Waals surface area contributed by atoms with Crippen molar-refractivity contribution in [2.24, 2.45) is 0 Å². The number of nitrogens with zero attached hydrogens (tertiary/aromatic N) is 1. The van der Waals surface area contributed by atoms with Gasteiger partial charge in [0.25, 0.3) is 0 Å². The Morgan fingerprint density at radius 2 is 2.08 bits per heavy atom. The van der Waals surface area contributed by atoms with Crippen LogP contribution in [0.2, 0.25) is 0 Å². The summed E-state index contributed by atoms with van der Waals surface area (Å²) in [6.45, 7) is -0.480. The van der Waals surface area contributed by atoms with Gasteiger partial charge in [-0.1, -0.05) is 24.1 Å². The Balaban J connectivity index is 1.84. The van der Waals surface area contributed by atoms with Crippen LogP contribution in [0.4, 0.5) is 0 Å². The minimum Gasteiger partial charge on any atom is -0.462 e. The fourth-order valence-corrected chi connectivity index (χ4v) is 6.78. The Morgan fingerprint density at radius 3 is 2.67 bits per heavy atom. The van der Waals surface area contributed by atoms with Crippen molar-refractivity contribution in [2.45, 2.75) is 62.9 Å². The van der Waals surface area contributed by atoms with Crippen LogP contribution in [0.5, 0.6) is 5.75 Å². The van der Waals surface area contributed by atoms with Gasteiger partial charge in [-0.25, -0.2) is 5.09 Å². The molecule has 1 aromatic carbocycles. The second-order valence-electron chi connectivity index (χ2n) is 9.35. The first-order valence-electron chi connectivity index (χ1n) is 12.4. The monoisotopic (exact) mass is 612 g/mol. The molecule has 0 radical (unpaired) electrons. The van der Waals surface area contributed by atoms with Gasteiger partial charge in [-0.05, 0) is 62.3 Å². The van der Waals surface area contributed by atoms with E-state index in [9.17, 15) is 24.6 Å². The molecule has 1 aromatic rings. The maximum absolute atomic E-state index is 12.9. The number of para-hydroxylation sites is 1. The van der Waals surface area contributed by atoms with Crippen molar-refractivity contribution in [2.75, 3.05) is 18.6 Å². The van der Waals surface area contributed by atoms with Crippen LogP contribution in [0.1, 0.15) is 26.7 Å². The molecule has 40 heavy (non-hydrogen) atoms. The van der Waals surface area contributed by atoms with E-state index in [1.807, 2.05) is 6.26 Å². The quantitative estimate of drug-likeness (QED) is 0.129. The van der Waals surface area contributed by atoms with Gasteiger partial charge in [0.15, 0.2) is 17.6 Å². The van der Waals surface area contributed by atoms with Gasteiger partial charge in [-0.3, -0.25) is 19.3 Å². The third-order valence-electron chi connectivity index (χ3n) is 5.94. The summed E-state index contributed by atoms with van der Waals surface area (Å²) < 4.78 is 23.3. The molecule has 1 unspecified atom stereocenters. The molecule has 2 aliphatic heterocycles. The molecular weight excluding hydrogens is 579 g/mol. The first-order chi connectivity index (χ1) is 18.9. The molecule has 1 fully saturated rings. The fourth-order valence-electron chi connectivity index (χ4n) is 3.95. The number of benzene rings is 1. The van der Waals surface area contributed by atoms with E-state index in [-0.39, 0.29) is 6.10 Å². The number of nitrogens with one attached hydrogen (secondary N) is 1. The maximum atomic E-state index is 12.9. The van der Waals surface area contributed by atoms with E-state index in [4.69, 9.17) is 36.8 Å². The van der Waals surface area contributed by atoms with Crippen LogP contribution in [-0.4, -0.2) is 87.6 Å². The second kappa shape index (κ2) is 14.1. The van der Waals surface area contributed by atoms with Crippen LogP contribution < -0.4 is 9.61 Å². The third kappa shape index (κ3) is 7.93. The lowest BCUT2D eigenvalue weighted by Gasteiger charge is -2.33. The fraction of sp³-hybridized carbons (Fsp3) is 0.500. The van der Waals surface area contributed by atoms with E-state index < -0.39 is 67.4 Å². The standard InChI is InChI=1S/C26H33N2O9PS2/c1-5-26(33)23(31)21(36-25(26)28-13-11-18(29)15-22(28)30)16-34-38(39,37-19-9-7-6-8-10-19)27-20(12-14-40-4)24(32)35-17(2)3/h1,6-11,13,17,20-21,23,25,31,33H,12,14-16H2,2-4H3,(H,27,39)/t20-,21+,23+,25+,26+,38?/m0/s1. The van der Waals surface area contributed by atoms with Gasteiger partial charge < -0.3 is 28.7 Å². The van der Waals surface area contributed by atoms with Crippen molar-refractivity contribution in [3.8, 4) is 18.1 Å². The Kier molecular flexibility index (Phi) is 11.3. The molecule has 3 rings (SSSR count). The minimum absolute atomic E-state index is 0.359. The molecular formula is C26H33N2O9PS2. The molecule has 0 aromatic heterocycles. The van der Waals surface area contributed by atoms with Crippen LogP contribution in [0.25, 0.3) is 0 Å². The molecule has 1 amide bonds. The van der Waals surface area contributed by atoms with Crippen molar-refractivity contribution in [1.29, 1.82) is 0 Å². The van der Waals surface area contributed by atoms with E-state index in [1.165, 1.54) is 11.8 Å². The highest BCUT2D eigenvalue weighted by atomic mass is 32.5. The lowest BCUT2D eigenvalue weighted by atomic mass is 9.94. The van der Waals surface area contributed by atoms with Crippen molar-refractivity contribution in [3.63, 3.8) is 0 Å². The van der Waals surface area contributed by atoms with Gasteiger partial charge in [0.2, 0.25) is 5.91 Å². The predicted octanol–water partition coefficient (Wildman–Crippen LogP) is 1.73. The molecule has 0 bridgehead atoms. The molecule has 218 valence electrons. The molecule has 6 atom stereocenters. The highest BCUT2D eigenvalue weighted by Gasteiger charge is 2.58. The number of hydrogen-bond acceptors (Lipinski definition) is 11. The molecule has 0 saturated carbocycles. The zero-order valence-electron chi connectivity index (χ0n) is 22.3. The summed E-state index contributed by atoms with van der Waals surface area (Å²) in [5.74, 6) is 1.51. The van der Waals surface area contributed by atoms with Crippen LogP contribution in [-0.2, 0) is 40.2 Å². The molecule has 2 heterocycles. The Labute approximate surface area is 242 Å². The summed E-state index contributed by atoms with van der Waals surface area (Å²) in [7, 11) is 0. The number of amides is 1. The Hall–Kier alpha value is -2.27. The van der Waals surface area contributed by atoms with E-state index in [2.05, 4.69) is 11.0 Å². The highest BCUT2D eigenvalue weighted by Crippen LogP contribution is 2.47. The summed E-state index contributed by atoms with van der Waals surface area (Å²) in [5, 5.41) is 25.0. The van der Waals surface area contributed by atoms with Crippen LogP contribution in [0.3, 0.4) is 0 Å². The predicted molar refractivity (Wildman–Crippen MR) is 153 cm³/mol. The molecule has 14 heteroatoms. The molecule has 3 N–H and O–H groups in total. The van der Waals surface area contributed by atoms with E-state index in [0.29, 0.717) is 17.9 Å². The first kappa shape index (κ1) is 32.2. The number of ether oxygens (including phenoxy) is 2. The summed E-state index contributed by atoms with van der Waals surface area (Å²) in [5.41, 5.74) is -2.31. The normalized spacial score (nSPS) is 26.8. The number of allylic oxidation sites excluding steroid dienone is 1. The van der Waals surface area contributed by atoms with Crippen LogP contribution in [0.15, 0.2) is 42.6 Å². The van der Waals surface area contributed by atoms with Crippen molar-refractivity contribution in [1.82, 2.24) is 9.99 Å². The zero-order chi connectivity index (χ0) is 29.5. The largest absolute Gasteiger partial charge is 0.462 e. The van der Waals surface area contributed by atoms with Gasteiger partial charge >= 0.3 is 12.6 Å². The number of ketones is 1. The minimum atomic E-state index is -3.53. The van der Waals surface area contributed by atoms with Gasteiger partial charge in [0.05, 0.1) is 19.1 Å². The number of thioether (sulfide) groups is 1. The van der Waals surface area contributed by atoms with Crippen LogP contribution >= 0.6 is 18.4 Å². The zero-order valence-corrected chi connectivity index (χ0v) is 24.8. The second-order valence-corrected chi connectivity index (χ2v) is 13.5. The summed E-state index contributed by atoms with van der Waals surface area (Å²) >= 11 is 7.31. The number of rotatable bonds is 13. The maximum Gasteiger partial charge on any atom is 0.323 e. The summed E-state index contributed by atoms with van der Waals surface area (Å²) in [6, 6.07) is 7.74. The molecule has 1 saturated heterocycles. The third-order valence-corrected chi connectivity index (χ3v) is 9.01. The lowest BCUT2D eigenvalue weighted by Crippen LogP contribution is -2.55. The SMILES string of the molecule is C#C[C@@]1(O)[C@H](O)[C@@H](COP(=S)(N[C@@H](CCSC)C(=O)OC(C)C)Oc2ccccc2)O[C@H]1N1C=CC(=O)CC1=O.